The van der Waals surface area contributed by atoms with Crippen molar-refractivity contribution in [2.24, 2.45) is 0 Å². The SMILES string of the molecule is C=C1CC2(CCC(=O)C2)OC1=O. The molecule has 1 atom stereocenters. The number of hydrogen-bond donors (Lipinski definition) is 0. The van der Waals surface area contributed by atoms with Gasteiger partial charge in [0.2, 0.25) is 0 Å². The number of esters is 1. The predicted molar refractivity (Wildman–Crippen MR) is 41.4 cm³/mol. The van der Waals surface area contributed by atoms with Gasteiger partial charge in [0.25, 0.3) is 0 Å². The van der Waals surface area contributed by atoms with E-state index in [4.69, 9.17) is 4.74 Å². The van der Waals surface area contributed by atoms with Crippen LogP contribution in [-0.4, -0.2) is 17.4 Å². The summed E-state index contributed by atoms with van der Waals surface area (Å²) in [5, 5.41) is 0. The van der Waals surface area contributed by atoms with Gasteiger partial charge in [0.15, 0.2) is 0 Å². The van der Waals surface area contributed by atoms with Gasteiger partial charge in [-0.2, -0.15) is 0 Å². The highest BCUT2D eigenvalue weighted by molar-refractivity contribution is 5.92. The second-order valence-electron chi connectivity index (χ2n) is 3.57. The fraction of sp³-hybridized carbons (Fsp3) is 0.556. The van der Waals surface area contributed by atoms with Gasteiger partial charge in [0.1, 0.15) is 11.4 Å². The molecule has 0 N–H and O–H groups in total. The maximum Gasteiger partial charge on any atom is 0.334 e. The summed E-state index contributed by atoms with van der Waals surface area (Å²) < 4.78 is 5.13. The Bertz CT molecular complexity index is 261. The summed E-state index contributed by atoms with van der Waals surface area (Å²) in [5.74, 6) is -0.137. The maximum atomic E-state index is 11.0. The molecule has 64 valence electrons. The van der Waals surface area contributed by atoms with Crippen LogP contribution in [0, 0.1) is 0 Å². The largest absolute Gasteiger partial charge is 0.455 e. The zero-order chi connectivity index (χ0) is 8.77. The number of Topliss-reactive ketones (excluding diaryl/α,β-unsaturated/α-hetero) is 1. The first-order valence-corrected chi connectivity index (χ1v) is 4.04. The summed E-state index contributed by atoms with van der Waals surface area (Å²) in [4.78, 5) is 22.0. The molecule has 12 heavy (non-hydrogen) atoms. The summed E-state index contributed by atoms with van der Waals surface area (Å²) in [6.45, 7) is 3.59. The molecule has 2 fully saturated rings. The van der Waals surface area contributed by atoms with E-state index in [1.54, 1.807) is 0 Å². The maximum absolute atomic E-state index is 11.0. The zero-order valence-electron chi connectivity index (χ0n) is 6.76. The summed E-state index contributed by atoms with van der Waals surface area (Å²) >= 11 is 0. The number of hydrogen-bond acceptors (Lipinski definition) is 3. The van der Waals surface area contributed by atoms with E-state index in [1.807, 2.05) is 0 Å². The lowest BCUT2D eigenvalue weighted by molar-refractivity contribution is -0.146. The highest BCUT2D eigenvalue weighted by Crippen LogP contribution is 2.41. The molecule has 1 spiro atoms. The van der Waals surface area contributed by atoms with E-state index in [1.165, 1.54) is 0 Å². The van der Waals surface area contributed by atoms with Crippen LogP contribution in [0.4, 0.5) is 0 Å². The molecular weight excluding hydrogens is 156 g/mol. The van der Waals surface area contributed by atoms with Crippen molar-refractivity contribution in [3.8, 4) is 0 Å². The van der Waals surface area contributed by atoms with Crippen molar-refractivity contribution in [3.63, 3.8) is 0 Å². The molecular formula is C9H10O3. The number of ether oxygens (including phenoxy) is 1. The lowest BCUT2D eigenvalue weighted by Crippen LogP contribution is -2.24. The first kappa shape index (κ1) is 7.53. The average molecular weight is 166 g/mol. The normalized spacial score (nSPS) is 34.8. The lowest BCUT2D eigenvalue weighted by Gasteiger charge is -2.18. The molecule has 2 rings (SSSR count). The van der Waals surface area contributed by atoms with Crippen LogP contribution in [0.1, 0.15) is 25.7 Å². The van der Waals surface area contributed by atoms with E-state index in [-0.39, 0.29) is 11.8 Å². The van der Waals surface area contributed by atoms with Gasteiger partial charge in [-0.3, -0.25) is 4.79 Å². The Morgan fingerprint density at radius 1 is 1.33 bits per heavy atom. The fourth-order valence-electron chi connectivity index (χ4n) is 1.91. The molecule has 1 saturated carbocycles. The van der Waals surface area contributed by atoms with Crippen molar-refractivity contribution >= 4 is 11.8 Å². The van der Waals surface area contributed by atoms with Gasteiger partial charge >= 0.3 is 5.97 Å². The molecule has 2 aliphatic rings. The molecule has 1 aliphatic heterocycles. The summed E-state index contributed by atoms with van der Waals surface area (Å²) in [7, 11) is 0. The Morgan fingerprint density at radius 2 is 2.08 bits per heavy atom. The van der Waals surface area contributed by atoms with E-state index in [0.29, 0.717) is 31.3 Å². The Kier molecular flexibility index (Phi) is 1.37. The number of carbonyl (C=O) groups excluding carboxylic acids is 2. The first-order valence-electron chi connectivity index (χ1n) is 4.04. The van der Waals surface area contributed by atoms with E-state index >= 15 is 0 Å². The van der Waals surface area contributed by atoms with Crippen molar-refractivity contribution in [3.05, 3.63) is 12.2 Å². The minimum absolute atomic E-state index is 0.192. The summed E-state index contributed by atoms with van der Waals surface area (Å²) in [5.41, 5.74) is 0.00956. The van der Waals surface area contributed by atoms with E-state index in [2.05, 4.69) is 6.58 Å². The fourth-order valence-corrected chi connectivity index (χ4v) is 1.91. The van der Waals surface area contributed by atoms with Crippen LogP contribution in [0.3, 0.4) is 0 Å². The van der Waals surface area contributed by atoms with Crippen molar-refractivity contribution in [1.29, 1.82) is 0 Å². The van der Waals surface area contributed by atoms with Gasteiger partial charge in [-0.15, -0.1) is 0 Å². The van der Waals surface area contributed by atoms with Crippen LogP contribution < -0.4 is 0 Å². The molecule has 3 heteroatoms. The molecule has 1 heterocycles. The predicted octanol–water partition coefficient (Wildman–Crippen LogP) is 0.981. The second-order valence-corrected chi connectivity index (χ2v) is 3.57. The Labute approximate surface area is 70.4 Å². The highest BCUT2D eigenvalue weighted by Gasteiger charge is 2.47. The van der Waals surface area contributed by atoms with Gasteiger partial charge in [-0.25, -0.2) is 4.79 Å². The van der Waals surface area contributed by atoms with E-state index < -0.39 is 5.60 Å². The molecule has 3 nitrogen and oxygen atoms in total. The van der Waals surface area contributed by atoms with Gasteiger partial charge in [-0.05, 0) is 6.42 Å². The van der Waals surface area contributed by atoms with Crippen LogP contribution >= 0.6 is 0 Å². The zero-order valence-corrected chi connectivity index (χ0v) is 6.76. The van der Waals surface area contributed by atoms with Crippen LogP contribution in [0.2, 0.25) is 0 Å². The molecule has 0 aromatic heterocycles. The third-order valence-electron chi connectivity index (χ3n) is 2.51. The van der Waals surface area contributed by atoms with Crippen LogP contribution in [0.15, 0.2) is 12.2 Å². The van der Waals surface area contributed by atoms with Gasteiger partial charge in [0, 0.05) is 24.8 Å². The Balaban J connectivity index is 2.21. The molecule has 0 aromatic carbocycles. The average Bonchev–Trinajstić information content (AvgIpc) is 2.42. The number of carbonyl (C=O) groups is 2. The topological polar surface area (TPSA) is 43.4 Å². The quantitative estimate of drug-likeness (QED) is 0.398. The third-order valence-corrected chi connectivity index (χ3v) is 2.51. The lowest BCUT2D eigenvalue weighted by atomic mass is 9.97. The van der Waals surface area contributed by atoms with E-state index in [0.717, 1.165) is 0 Å². The molecule has 1 saturated heterocycles. The first-order chi connectivity index (χ1) is 5.61. The minimum atomic E-state index is -0.495. The third kappa shape index (κ3) is 0.967. The number of ketones is 1. The molecule has 0 bridgehead atoms. The Morgan fingerprint density at radius 3 is 2.50 bits per heavy atom. The van der Waals surface area contributed by atoms with Crippen LogP contribution in [-0.2, 0) is 14.3 Å². The number of rotatable bonds is 0. The standard InChI is InChI=1S/C9H10O3/c1-6-4-9(12-8(6)11)3-2-7(10)5-9/h1-5H2. The molecule has 0 aromatic rings. The highest BCUT2D eigenvalue weighted by atomic mass is 16.6. The van der Waals surface area contributed by atoms with E-state index in [9.17, 15) is 9.59 Å². The van der Waals surface area contributed by atoms with Crippen molar-refractivity contribution in [2.75, 3.05) is 0 Å². The molecule has 1 unspecified atom stereocenters. The Hall–Kier alpha value is -1.12. The van der Waals surface area contributed by atoms with Gasteiger partial charge in [0.05, 0.1) is 0 Å². The molecule has 1 aliphatic carbocycles. The van der Waals surface area contributed by atoms with Crippen molar-refractivity contribution in [2.45, 2.75) is 31.3 Å². The molecule has 0 amide bonds. The minimum Gasteiger partial charge on any atom is -0.455 e. The second kappa shape index (κ2) is 2.19. The van der Waals surface area contributed by atoms with Gasteiger partial charge < -0.3 is 4.74 Å². The van der Waals surface area contributed by atoms with Crippen LogP contribution in [0.25, 0.3) is 0 Å². The van der Waals surface area contributed by atoms with Crippen molar-refractivity contribution < 1.29 is 14.3 Å². The smallest absolute Gasteiger partial charge is 0.334 e. The molecule has 0 radical (unpaired) electrons. The summed E-state index contributed by atoms with van der Waals surface area (Å²) in [6, 6.07) is 0. The van der Waals surface area contributed by atoms with Crippen molar-refractivity contribution in [1.82, 2.24) is 0 Å². The summed E-state index contributed by atoms with van der Waals surface area (Å²) in [6.07, 6.45) is 2.15. The van der Waals surface area contributed by atoms with Crippen LogP contribution in [0.5, 0.6) is 0 Å². The van der Waals surface area contributed by atoms with Gasteiger partial charge in [-0.1, -0.05) is 6.58 Å². The monoisotopic (exact) mass is 166 g/mol.